The summed E-state index contributed by atoms with van der Waals surface area (Å²) in [6, 6.07) is 0. The van der Waals surface area contributed by atoms with Gasteiger partial charge in [0.05, 0.1) is 32.2 Å². The first-order valence-electron chi connectivity index (χ1n) is 3.55. The predicted molar refractivity (Wildman–Crippen MR) is 39.9 cm³/mol. The van der Waals surface area contributed by atoms with Crippen molar-refractivity contribution < 1.29 is 4.74 Å². The second-order valence-corrected chi connectivity index (χ2v) is 2.03. The van der Waals surface area contributed by atoms with Crippen LogP contribution in [-0.4, -0.2) is 34.8 Å². The molecular formula is C6H12N4O. The summed E-state index contributed by atoms with van der Waals surface area (Å²) in [6.07, 6.45) is 3.28. The predicted octanol–water partition coefficient (Wildman–Crippen LogP) is -0.747. The molecule has 0 radical (unpaired) electrons. The molecule has 0 saturated heterocycles. The van der Waals surface area contributed by atoms with Crippen molar-refractivity contribution in [3.63, 3.8) is 0 Å². The SMILES string of the molecule is NCCOCCn1nccn1. The molecule has 0 aromatic carbocycles. The summed E-state index contributed by atoms with van der Waals surface area (Å²) < 4.78 is 5.13. The Morgan fingerprint density at radius 2 is 2.00 bits per heavy atom. The molecule has 5 heteroatoms. The third-order valence-corrected chi connectivity index (χ3v) is 1.16. The standard InChI is InChI=1S/C6H12N4O/c7-1-5-11-6-4-10-8-2-3-9-10/h2-3H,1,4-7H2. The van der Waals surface area contributed by atoms with Crippen LogP contribution in [0.3, 0.4) is 0 Å². The molecular weight excluding hydrogens is 144 g/mol. The first kappa shape index (κ1) is 8.16. The van der Waals surface area contributed by atoms with Gasteiger partial charge in [0.2, 0.25) is 0 Å². The monoisotopic (exact) mass is 156 g/mol. The molecule has 0 fully saturated rings. The molecule has 1 aromatic rings. The van der Waals surface area contributed by atoms with Gasteiger partial charge >= 0.3 is 0 Å². The third-order valence-electron chi connectivity index (χ3n) is 1.16. The summed E-state index contributed by atoms with van der Waals surface area (Å²) >= 11 is 0. The van der Waals surface area contributed by atoms with E-state index in [2.05, 4.69) is 10.2 Å². The van der Waals surface area contributed by atoms with E-state index in [0.29, 0.717) is 26.3 Å². The third kappa shape index (κ3) is 3.10. The molecule has 0 spiro atoms. The normalized spacial score (nSPS) is 10.3. The molecule has 62 valence electrons. The Morgan fingerprint density at radius 1 is 1.27 bits per heavy atom. The summed E-state index contributed by atoms with van der Waals surface area (Å²) in [7, 11) is 0. The fourth-order valence-corrected chi connectivity index (χ4v) is 0.690. The molecule has 0 aliphatic rings. The van der Waals surface area contributed by atoms with Gasteiger partial charge < -0.3 is 10.5 Å². The van der Waals surface area contributed by atoms with Crippen LogP contribution in [0, 0.1) is 0 Å². The van der Waals surface area contributed by atoms with Crippen LogP contribution in [-0.2, 0) is 11.3 Å². The van der Waals surface area contributed by atoms with E-state index in [4.69, 9.17) is 10.5 Å². The number of rotatable bonds is 5. The van der Waals surface area contributed by atoms with Gasteiger partial charge in [0.1, 0.15) is 0 Å². The van der Waals surface area contributed by atoms with Crippen LogP contribution < -0.4 is 5.73 Å². The van der Waals surface area contributed by atoms with E-state index in [0.717, 1.165) is 0 Å². The molecule has 2 N–H and O–H groups in total. The Morgan fingerprint density at radius 3 is 2.64 bits per heavy atom. The molecule has 0 aliphatic heterocycles. The Hall–Kier alpha value is -0.940. The first-order chi connectivity index (χ1) is 5.43. The molecule has 5 nitrogen and oxygen atoms in total. The lowest BCUT2D eigenvalue weighted by Gasteiger charge is -2.00. The Bertz CT molecular complexity index is 175. The molecule has 0 saturated carbocycles. The largest absolute Gasteiger partial charge is 0.378 e. The molecule has 1 aromatic heterocycles. The number of hydrogen-bond donors (Lipinski definition) is 1. The number of aromatic nitrogens is 3. The lowest BCUT2D eigenvalue weighted by molar-refractivity contribution is 0.127. The maximum atomic E-state index is 5.22. The quantitative estimate of drug-likeness (QED) is 0.570. The van der Waals surface area contributed by atoms with Gasteiger partial charge in [-0.3, -0.25) is 0 Å². The van der Waals surface area contributed by atoms with Gasteiger partial charge in [0, 0.05) is 6.54 Å². The summed E-state index contributed by atoms with van der Waals surface area (Å²) in [6.45, 7) is 2.46. The van der Waals surface area contributed by atoms with Crippen LogP contribution in [0.5, 0.6) is 0 Å². The van der Waals surface area contributed by atoms with Gasteiger partial charge in [0.25, 0.3) is 0 Å². The van der Waals surface area contributed by atoms with Crippen molar-refractivity contribution in [2.75, 3.05) is 19.8 Å². The minimum absolute atomic E-state index is 0.562. The van der Waals surface area contributed by atoms with Crippen molar-refractivity contribution in [3.05, 3.63) is 12.4 Å². The van der Waals surface area contributed by atoms with Crippen LogP contribution in [0.4, 0.5) is 0 Å². The van der Waals surface area contributed by atoms with E-state index in [1.807, 2.05) is 0 Å². The topological polar surface area (TPSA) is 66.0 Å². The van der Waals surface area contributed by atoms with Crippen molar-refractivity contribution >= 4 is 0 Å². The van der Waals surface area contributed by atoms with E-state index in [9.17, 15) is 0 Å². The van der Waals surface area contributed by atoms with E-state index in [-0.39, 0.29) is 0 Å². The van der Waals surface area contributed by atoms with Crippen molar-refractivity contribution in [2.45, 2.75) is 6.54 Å². The second-order valence-electron chi connectivity index (χ2n) is 2.03. The molecule has 1 rings (SSSR count). The van der Waals surface area contributed by atoms with Gasteiger partial charge in [-0.1, -0.05) is 0 Å². The maximum Gasteiger partial charge on any atom is 0.0841 e. The zero-order chi connectivity index (χ0) is 7.94. The fraction of sp³-hybridized carbons (Fsp3) is 0.667. The second kappa shape index (κ2) is 4.81. The molecule has 0 aliphatic carbocycles. The zero-order valence-corrected chi connectivity index (χ0v) is 6.31. The van der Waals surface area contributed by atoms with Gasteiger partial charge in [-0.15, -0.1) is 0 Å². The van der Waals surface area contributed by atoms with Gasteiger partial charge in [-0.05, 0) is 0 Å². The number of nitrogens with two attached hydrogens (primary N) is 1. The lowest BCUT2D eigenvalue weighted by atomic mass is 10.7. The van der Waals surface area contributed by atoms with Crippen molar-refractivity contribution in [2.24, 2.45) is 5.73 Å². The lowest BCUT2D eigenvalue weighted by Crippen LogP contribution is -2.13. The average Bonchev–Trinajstić information content (AvgIpc) is 2.50. The molecule has 0 bridgehead atoms. The van der Waals surface area contributed by atoms with Crippen LogP contribution in [0.25, 0.3) is 0 Å². The molecule has 11 heavy (non-hydrogen) atoms. The Balaban J connectivity index is 2.04. The van der Waals surface area contributed by atoms with Crippen molar-refractivity contribution in [1.82, 2.24) is 15.0 Å². The highest BCUT2D eigenvalue weighted by molar-refractivity contribution is 4.59. The highest BCUT2D eigenvalue weighted by Crippen LogP contribution is 1.79. The summed E-state index contributed by atoms with van der Waals surface area (Å²) in [5, 5.41) is 7.82. The first-order valence-corrected chi connectivity index (χ1v) is 3.55. The van der Waals surface area contributed by atoms with Crippen LogP contribution in [0.1, 0.15) is 0 Å². The highest BCUT2D eigenvalue weighted by atomic mass is 16.5. The van der Waals surface area contributed by atoms with E-state index < -0.39 is 0 Å². The fourth-order valence-electron chi connectivity index (χ4n) is 0.690. The van der Waals surface area contributed by atoms with Gasteiger partial charge in [-0.25, -0.2) is 0 Å². The number of nitrogens with zero attached hydrogens (tertiary/aromatic N) is 3. The Labute approximate surface area is 65.1 Å². The summed E-state index contributed by atoms with van der Waals surface area (Å²) in [5.41, 5.74) is 5.22. The van der Waals surface area contributed by atoms with Gasteiger partial charge in [0.15, 0.2) is 0 Å². The molecule has 0 atom stereocenters. The van der Waals surface area contributed by atoms with Crippen molar-refractivity contribution in [1.29, 1.82) is 0 Å². The zero-order valence-electron chi connectivity index (χ0n) is 6.31. The summed E-state index contributed by atoms with van der Waals surface area (Å²) in [5.74, 6) is 0. The highest BCUT2D eigenvalue weighted by Gasteiger charge is 1.90. The maximum absolute atomic E-state index is 5.22. The molecule has 0 amide bonds. The van der Waals surface area contributed by atoms with E-state index >= 15 is 0 Å². The minimum atomic E-state index is 0.562. The van der Waals surface area contributed by atoms with Crippen LogP contribution in [0.2, 0.25) is 0 Å². The Kier molecular flexibility index (Phi) is 3.57. The van der Waals surface area contributed by atoms with E-state index in [1.54, 1.807) is 17.2 Å². The minimum Gasteiger partial charge on any atom is -0.378 e. The average molecular weight is 156 g/mol. The van der Waals surface area contributed by atoms with Gasteiger partial charge in [-0.2, -0.15) is 15.0 Å². The molecule has 0 unspecified atom stereocenters. The van der Waals surface area contributed by atoms with Crippen molar-refractivity contribution in [3.8, 4) is 0 Å². The van der Waals surface area contributed by atoms with E-state index in [1.165, 1.54) is 0 Å². The van der Waals surface area contributed by atoms with Crippen LogP contribution in [0.15, 0.2) is 12.4 Å². The molecule has 1 heterocycles. The smallest absolute Gasteiger partial charge is 0.0841 e. The number of ether oxygens (including phenoxy) is 1. The van der Waals surface area contributed by atoms with Crippen LogP contribution >= 0.6 is 0 Å². The summed E-state index contributed by atoms with van der Waals surface area (Å²) in [4.78, 5) is 1.58. The number of hydrogen-bond acceptors (Lipinski definition) is 4.